The van der Waals surface area contributed by atoms with E-state index in [1.54, 1.807) is 6.21 Å². The van der Waals surface area contributed by atoms with E-state index in [-0.39, 0.29) is 6.10 Å². The number of rotatable bonds is 3. The molecule has 0 saturated carbocycles. The Hall–Kier alpha value is -1.39. The summed E-state index contributed by atoms with van der Waals surface area (Å²) in [4.78, 5) is 10.8. The highest BCUT2D eigenvalue weighted by atomic mass is 16.7. The predicted molar refractivity (Wildman–Crippen MR) is 50.3 cm³/mol. The highest BCUT2D eigenvalue weighted by molar-refractivity contribution is 5.59. The minimum atomic E-state index is 0.0620. The minimum Gasteiger partial charge on any atom is -0.391 e. The molecule has 0 amide bonds. The quantitative estimate of drug-likeness (QED) is 0.659. The van der Waals surface area contributed by atoms with E-state index >= 15 is 0 Å². The fraction of sp³-hybridized carbons (Fsp3) is 0.625. The van der Waals surface area contributed by atoms with Gasteiger partial charge in [0.05, 0.1) is 0 Å². The van der Waals surface area contributed by atoms with Crippen LogP contribution in [0.25, 0.3) is 0 Å². The Kier molecular flexibility index (Phi) is 3.00. The molecule has 0 N–H and O–H groups in total. The van der Waals surface area contributed by atoms with Crippen molar-refractivity contribution in [2.24, 2.45) is 4.99 Å². The number of hydrogen-bond acceptors (Lipinski definition) is 4. The first-order valence-corrected chi connectivity index (χ1v) is 4.23. The minimum absolute atomic E-state index is 0.0620. The van der Waals surface area contributed by atoms with Crippen molar-refractivity contribution in [3.8, 4) is 0 Å². The normalized spacial score (nSPS) is 11.5. The van der Waals surface area contributed by atoms with Gasteiger partial charge in [0.1, 0.15) is 11.8 Å². The van der Waals surface area contributed by atoms with Crippen LogP contribution >= 0.6 is 0 Å². The molecule has 72 valence electrons. The first-order chi connectivity index (χ1) is 6.15. The van der Waals surface area contributed by atoms with Crippen LogP contribution in [0.3, 0.4) is 0 Å². The van der Waals surface area contributed by atoms with Crippen LogP contribution in [0.4, 0.5) is 5.82 Å². The van der Waals surface area contributed by atoms with E-state index in [9.17, 15) is 0 Å². The lowest BCUT2D eigenvalue weighted by atomic mass is 10.5. The summed E-state index contributed by atoms with van der Waals surface area (Å²) in [5.74, 6) is 0.649. The number of aryl methyl sites for hydroxylation is 1. The standard InChI is InChI=1S/C8H14N4O/c1-5-9-8-7(4)10-11-12(8)13-6(2)3/h5-6H,1-4H3/b9-5-. The summed E-state index contributed by atoms with van der Waals surface area (Å²) in [5.41, 5.74) is 0.763. The van der Waals surface area contributed by atoms with E-state index in [0.717, 1.165) is 5.69 Å². The summed E-state index contributed by atoms with van der Waals surface area (Å²) in [6.07, 6.45) is 1.75. The maximum absolute atomic E-state index is 5.35. The lowest BCUT2D eigenvalue weighted by Gasteiger charge is -2.08. The fourth-order valence-corrected chi connectivity index (χ4v) is 0.869. The maximum atomic E-state index is 5.35. The average Bonchev–Trinajstić information content (AvgIpc) is 2.35. The smallest absolute Gasteiger partial charge is 0.214 e. The Balaban J connectivity index is 2.93. The van der Waals surface area contributed by atoms with Crippen molar-refractivity contribution in [1.29, 1.82) is 0 Å². The zero-order valence-electron chi connectivity index (χ0n) is 8.35. The van der Waals surface area contributed by atoms with Crippen LogP contribution in [0.5, 0.6) is 0 Å². The van der Waals surface area contributed by atoms with E-state index in [4.69, 9.17) is 4.84 Å². The molecule has 0 aliphatic carbocycles. The Morgan fingerprint density at radius 1 is 1.54 bits per heavy atom. The average molecular weight is 182 g/mol. The van der Waals surface area contributed by atoms with Gasteiger partial charge in [-0.15, -0.1) is 5.10 Å². The van der Waals surface area contributed by atoms with Crippen molar-refractivity contribution in [3.63, 3.8) is 0 Å². The molecule has 0 aliphatic rings. The molecule has 1 rings (SSSR count). The molecule has 0 atom stereocenters. The highest BCUT2D eigenvalue weighted by Crippen LogP contribution is 2.13. The summed E-state index contributed by atoms with van der Waals surface area (Å²) >= 11 is 0. The number of nitrogens with zero attached hydrogens (tertiary/aromatic N) is 4. The van der Waals surface area contributed by atoms with Crippen molar-refractivity contribution < 1.29 is 4.84 Å². The monoisotopic (exact) mass is 182 g/mol. The molecule has 1 heterocycles. The van der Waals surface area contributed by atoms with E-state index in [2.05, 4.69) is 15.3 Å². The second-order valence-corrected chi connectivity index (χ2v) is 2.91. The molecule has 1 aromatic heterocycles. The molecule has 0 saturated heterocycles. The van der Waals surface area contributed by atoms with Gasteiger partial charge in [0, 0.05) is 6.21 Å². The van der Waals surface area contributed by atoms with Gasteiger partial charge in [-0.05, 0) is 32.9 Å². The van der Waals surface area contributed by atoms with E-state index < -0.39 is 0 Å². The molecular weight excluding hydrogens is 168 g/mol. The van der Waals surface area contributed by atoms with Crippen molar-refractivity contribution in [1.82, 2.24) is 15.2 Å². The van der Waals surface area contributed by atoms with Crippen LogP contribution in [0.2, 0.25) is 0 Å². The van der Waals surface area contributed by atoms with Gasteiger partial charge < -0.3 is 4.84 Å². The van der Waals surface area contributed by atoms with Crippen LogP contribution in [-0.4, -0.2) is 27.5 Å². The summed E-state index contributed by atoms with van der Waals surface area (Å²) in [6.45, 7) is 7.54. The molecule has 0 bridgehead atoms. The number of aromatic nitrogens is 3. The van der Waals surface area contributed by atoms with Gasteiger partial charge in [0.2, 0.25) is 5.82 Å². The predicted octanol–water partition coefficient (Wildman–Crippen LogP) is 1.15. The molecule has 0 unspecified atom stereocenters. The topological polar surface area (TPSA) is 52.3 Å². The van der Waals surface area contributed by atoms with E-state index in [1.165, 1.54) is 4.85 Å². The van der Waals surface area contributed by atoms with Crippen molar-refractivity contribution >= 4 is 12.0 Å². The summed E-state index contributed by atoms with van der Waals surface area (Å²) in [7, 11) is 0. The van der Waals surface area contributed by atoms with E-state index in [1.807, 2.05) is 27.7 Å². The third-order valence-corrected chi connectivity index (χ3v) is 1.34. The lowest BCUT2D eigenvalue weighted by molar-refractivity contribution is 0.0360. The second-order valence-electron chi connectivity index (χ2n) is 2.91. The van der Waals surface area contributed by atoms with Crippen LogP contribution in [0, 0.1) is 6.92 Å². The third kappa shape index (κ3) is 2.27. The first kappa shape index (κ1) is 9.70. The van der Waals surface area contributed by atoms with Gasteiger partial charge in [-0.25, -0.2) is 4.99 Å². The van der Waals surface area contributed by atoms with Crippen LogP contribution in [0.1, 0.15) is 26.5 Å². The second kappa shape index (κ2) is 4.02. The molecule has 1 aromatic rings. The lowest BCUT2D eigenvalue weighted by Crippen LogP contribution is -2.20. The van der Waals surface area contributed by atoms with Crippen molar-refractivity contribution in [2.45, 2.75) is 33.8 Å². The van der Waals surface area contributed by atoms with Crippen LogP contribution < -0.4 is 4.84 Å². The number of hydrogen-bond donors (Lipinski definition) is 0. The van der Waals surface area contributed by atoms with Gasteiger partial charge in [-0.2, -0.15) is 0 Å². The molecule has 0 fully saturated rings. The summed E-state index contributed by atoms with van der Waals surface area (Å²) < 4.78 is 0. The van der Waals surface area contributed by atoms with Crippen LogP contribution in [0.15, 0.2) is 4.99 Å². The molecule has 0 aliphatic heterocycles. The molecule has 5 heteroatoms. The zero-order chi connectivity index (χ0) is 9.84. The van der Waals surface area contributed by atoms with E-state index in [0.29, 0.717) is 5.82 Å². The maximum Gasteiger partial charge on any atom is 0.214 e. The molecule has 0 spiro atoms. The molecular formula is C8H14N4O. The summed E-state index contributed by atoms with van der Waals surface area (Å²) in [5, 5.41) is 7.67. The van der Waals surface area contributed by atoms with Crippen molar-refractivity contribution in [2.75, 3.05) is 0 Å². The zero-order valence-corrected chi connectivity index (χ0v) is 8.35. The Bertz CT molecular complexity index is 303. The van der Waals surface area contributed by atoms with Gasteiger partial charge in [0.25, 0.3) is 0 Å². The van der Waals surface area contributed by atoms with Gasteiger partial charge in [0.15, 0.2) is 0 Å². The first-order valence-electron chi connectivity index (χ1n) is 4.23. The largest absolute Gasteiger partial charge is 0.391 e. The van der Waals surface area contributed by atoms with Gasteiger partial charge in [-0.3, -0.25) is 0 Å². The highest BCUT2D eigenvalue weighted by Gasteiger charge is 2.09. The summed E-state index contributed by atoms with van der Waals surface area (Å²) in [6, 6.07) is 0. The van der Waals surface area contributed by atoms with Gasteiger partial charge >= 0.3 is 0 Å². The molecule has 5 nitrogen and oxygen atoms in total. The Morgan fingerprint density at radius 2 is 2.23 bits per heavy atom. The molecule has 13 heavy (non-hydrogen) atoms. The van der Waals surface area contributed by atoms with Crippen LogP contribution in [-0.2, 0) is 0 Å². The molecule has 0 radical (unpaired) electrons. The third-order valence-electron chi connectivity index (χ3n) is 1.34. The number of aliphatic imine (C=N–C) groups is 1. The van der Waals surface area contributed by atoms with Crippen molar-refractivity contribution in [3.05, 3.63) is 5.69 Å². The van der Waals surface area contributed by atoms with Gasteiger partial charge in [-0.1, -0.05) is 4.85 Å². The Labute approximate surface area is 77.4 Å². The Morgan fingerprint density at radius 3 is 2.77 bits per heavy atom. The SMILES string of the molecule is C/C=N\c1c(C)nnn1OC(C)C. The molecule has 0 aromatic carbocycles. The fourth-order valence-electron chi connectivity index (χ4n) is 0.869.